The van der Waals surface area contributed by atoms with Gasteiger partial charge in [0.05, 0.1) is 18.9 Å². The molecule has 0 amide bonds. The van der Waals surface area contributed by atoms with Gasteiger partial charge in [0, 0.05) is 50.8 Å². The summed E-state index contributed by atoms with van der Waals surface area (Å²) in [4.78, 5) is 9.05. The van der Waals surface area contributed by atoms with E-state index < -0.39 is 0 Å². The first-order valence-electron chi connectivity index (χ1n) is 10.6. The number of aromatic nitrogens is 1. The average molecular weight is 419 g/mol. The van der Waals surface area contributed by atoms with Crippen molar-refractivity contribution in [2.45, 2.75) is 26.2 Å². The molecule has 8 heteroatoms. The minimum absolute atomic E-state index is 0.278. The topological polar surface area (TPSA) is 80.9 Å². The smallest absolute Gasteiger partial charge is 0.226 e. The lowest BCUT2D eigenvalue weighted by atomic mass is 10.1. The fraction of sp³-hybridized carbons (Fsp3) is 0.545. The van der Waals surface area contributed by atoms with Crippen molar-refractivity contribution in [3.05, 3.63) is 42.0 Å². The summed E-state index contributed by atoms with van der Waals surface area (Å²) in [5.74, 6) is 1.55. The Labute approximate surface area is 177 Å². The first-order chi connectivity index (χ1) is 14.7. The predicted molar refractivity (Wildman–Crippen MR) is 114 cm³/mol. The van der Waals surface area contributed by atoms with Crippen molar-refractivity contribution >= 4 is 5.96 Å². The van der Waals surface area contributed by atoms with Crippen molar-refractivity contribution in [1.82, 2.24) is 15.6 Å². The zero-order valence-electron chi connectivity index (χ0n) is 17.5. The van der Waals surface area contributed by atoms with Gasteiger partial charge in [-0.25, -0.2) is 9.37 Å². The molecule has 1 aliphatic rings. The van der Waals surface area contributed by atoms with E-state index in [1.54, 1.807) is 18.4 Å². The molecule has 2 heterocycles. The zero-order valence-corrected chi connectivity index (χ0v) is 17.5. The molecule has 1 unspecified atom stereocenters. The average Bonchev–Trinajstić information content (AvgIpc) is 3.43. The van der Waals surface area contributed by atoms with Crippen LogP contribution in [0.1, 0.15) is 25.5 Å². The highest BCUT2D eigenvalue weighted by molar-refractivity contribution is 5.79. The van der Waals surface area contributed by atoms with E-state index in [2.05, 4.69) is 20.6 Å². The van der Waals surface area contributed by atoms with Crippen LogP contribution in [0.5, 0.6) is 0 Å². The summed E-state index contributed by atoms with van der Waals surface area (Å²) < 4.78 is 29.6. The minimum Gasteiger partial charge on any atom is -0.444 e. The molecular weight excluding hydrogens is 387 g/mol. The summed E-state index contributed by atoms with van der Waals surface area (Å²) >= 11 is 0. The molecule has 3 rings (SSSR count). The number of aliphatic imine (C=N–C) groups is 1. The molecule has 0 saturated carbocycles. The quantitative estimate of drug-likeness (QED) is 0.332. The molecular formula is C22H31FN4O3. The number of ether oxygens (including phenoxy) is 2. The molecule has 30 heavy (non-hydrogen) atoms. The van der Waals surface area contributed by atoms with Gasteiger partial charge >= 0.3 is 0 Å². The number of nitrogens with one attached hydrogen (secondary N) is 2. The van der Waals surface area contributed by atoms with Gasteiger partial charge in [0.15, 0.2) is 5.96 Å². The second-order valence-corrected chi connectivity index (χ2v) is 7.25. The van der Waals surface area contributed by atoms with Crippen molar-refractivity contribution in [1.29, 1.82) is 0 Å². The first kappa shape index (κ1) is 22.2. The monoisotopic (exact) mass is 418 g/mol. The van der Waals surface area contributed by atoms with Gasteiger partial charge in [-0.05, 0) is 44.0 Å². The third-order valence-electron chi connectivity index (χ3n) is 4.75. The largest absolute Gasteiger partial charge is 0.444 e. The maximum atomic E-state index is 13.0. The van der Waals surface area contributed by atoms with Gasteiger partial charge in [-0.2, -0.15) is 0 Å². The Morgan fingerprint density at radius 2 is 2.17 bits per heavy atom. The maximum absolute atomic E-state index is 13.0. The van der Waals surface area contributed by atoms with E-state index in [1.165, 1.54) is 12.1 Å². The molecule has 7 nitrogen and oxygen atoms in total. The summed E-state index contributed by atoms with van der Waals surface area (Å²) in [5.41, 5.74) is 1.59. The number of halogens is 1. The standard InChI is InChI=1S/C22H31FN4O3/c1-2-24-22(25-10-3-12-28-14-17-9-13-29-15-17)26-11-8-20-16-30-21(27-20)18-4-6-19(23)7-5-18/h4-7,16-17H,2-3,8-15H2,1H3,(H2,24,25,26). The lowest BCUT2D eigenvalue weighted by Gasteiger charge is -2.11. The Hall–Kier alpha value is -2.45. The van der Waals surface area contributed by atoms with Crippen LogP contribution in [-0.4, -0.2) is 57.0 Å². The van der Waals surface area contributed by atoms with Crippen LogP contribution in [0.4, 0.5) is 4.39 Å². The van der Waals surface area contributed by atoms with E-state index in [4.69, 9.17) is 13.9 Å². The highest BCUT2D eigenvalue weighted by atomic mass is 19.1. The van der Waals surface area contributed by atoms with Gasteiger partial charge in [-0.1, -0.05) is 0 Å². The molecule has 0 spiro atoms. The fourth-order valence-corrected chi connectivity index (χ4v) is 3.12. The summed E-state index contributed by atoms with van der Waals surface area (Å²) in [6, 6.07) is 6.11. The molecule has 1 fully saturated rings. The number of nitrogens with zero attached hydrogens (tertiary/aromatic N) is 2. The van der Waals surface area contributed by atoms with Gasteiger partial charge < -0.3 is 24.5 Å². The SMILES string of the molecule is CCNC(=NCCCOCC1CCOC1)NCCc1coc(-c2ccc(F)cc2)n1. The van der Waals surface area contributed by atoms with E-state index >= 15 is 0 Å². The molecule has 1 aliphatic heterocycles. The van der Waals surface area contributed by atoms with Crippen molar-refractivity contribution in [3.63, 3.8) is 0 Å². The van der Waals surface area contributed by atoms with Crippen LogP contribution in [0.2, 0.25) is 0 Å². The Kier molecular flexibility index (Phi) is 9.11. The lowest BCUT2D eigenvalue weighted by Crippen LogP contribution is -2.38. The molecule has 0 radical (unpaired) electrons. The fourth-order valence-electron chi connectivity index (χ4n) is 3.12. The van der Waals surface area contributed by atoms with Crippen LogP contribution < -0.4 is 10.6 Å². The second-order valence-electron chi connectivity index (χ2n) is 7.25. The number of benzene rings is 1. The summed E-state index contributed by atoms with van der Waals surface area (Å²) in [7, 11) is 0. The van der Waals surface area contributed by atoms with E-state index in [1.807, 2.05) is 6.92 Å². The normalized spacial score (nSPS) is 16.7. The predicted octanol–water partition coefficient (Wildman–Crippen LogP) is 3.02. The third kappa shape index (κ3) is 7.42. The molecule has 1 saturated heterocycles. The zero-order chi connectivity index (χ0) is 21.0. The molecule has 1 atom stereocenters. The number of guanidine groups is 1. The van der Waals surface area contributed by atoms with Gasteiger partial charge in [-0.15, -0.1) is 0 Å². The van der Waals surface area contributed by atoms with Gasteiger partial charge in [0.1, 0.15) is 12.1 Å². The van der Waals surface area contributed by atoms with Crippen LogP contribution in [0, 0.1) is 11.7 Å². The van der Waals surface area contributed by atoms with Crippen LogP contribution in [-0.2, 0) is 15.9 Å². The Bertz CT molecular complexity index is 773. The van der Waals surface area contributed by atoms with E-state index in [0.29, 0.717) is 37.9 Å². The van der Waals surface area contributed by atoms with Crippen molar-refractivity contribution in [2.24, 2.45) is 10.9 Å². The summed E-state index contributed by atoms with van der Waals surface area (Å²) in [6.07, 6.45) is 4.32. The first-order valence-corrected chi connectivity index (χ1v) is 10.6. The summed E-state index contributed by atoms with van der Waals surface area (Å²) in [5, 5.41) is 6.55. The van der Waals surface area contributed by atoms with E-state index in [9.17, 15) is 4.39 Å². The molecule has 1 aromatic carbocycles. The van der Waals surface area contributed by atoms with Gasteiger partial charge in [0.25, 0.3) is 0 Å². The molecule has 2 aromatic rings. The van der Waals surface area contributed by atoms with Gasteiger partial charge in [0.2, 0.25) is 5.89 Å². The van der Waals surface area contributed by atoms with Crippen molar-refractivity contribution < 1.29 is 18.3 Å². The Morgan fingerprint density at radius 3 is 2.93 bits per heavy atom. The third-order valence-corrected chi connectivity index (χ3v) is 4.75. The van der Waals surface area contributed by atoms with E-state index in [-0.39, 0.29) is 5.82 Å². The molecule has 1 aromatic heterocycles. The highest BCUT2D eigenvalue weighted by Crippen LogP contribution is 2.19. The molecule has 0 aliphatic carbocycles. The minimum atomic E-state index is -0.278. The number of rotatable bonds is 11. The Morgan fingerprint density at radius 1 is 1.30 bits per heavy atom. The molecule has 0 bridgehead atoms. The van der Waals surface area contributed by atoms with Crippen molar-refractivity contribution in [3.8, 4) is 11.5 Å². The summed E-state index contributed by atoms with van der Waals surface area (Å²) in [6.45, 7) is 7.39. The van der Waals surface area contributed by atoms with Crippen LogP contribution >= 0.6 is 0 Å². The lowest BCUT2D eigenvalue weighted by molar-refractivity contribution is 0.0893. The van der Waals surface area contributed by atoms with Gasteiger partial charge in [-0.3, -0.25) is 4.99 Å². The Balaban J connectivity index is 1.35. The molecule has 164 valence electrons. The van der Waals surface area contributed by atoms with Crippen LogP contribution in [0.15, 0.2) is 39.9 Å². The van der Waals surface area contributed by atoms with E-state index in [0.717, 1.165) is 56.4 Å². The number of hydrogen-bond acceptors (Lipinski definition) is 5. The van der Waals surface area contributed by atoms with Crippen molar-refractivity contribution in [2.75, 3.05) is 46.1 Å². The van der Waals surface area contributed by atoms with Crippen LogP contribution in [0.3, 0.4) is 0 Å². The number of hydrogen-bond donors (Lipinski definition) is 2. The maximum Gasteiger partial charge on any atom is 0.226 e. The molecule has 2 N–H and O–H groups in total. The number of oxazole rings is 1. The van der Waals surface area contributed by atoms with Crippen LogP contribution in [0.25, 0.3) is 11.5 Å². The highest BCUT2D eigenvalue weighted by Gasteiger charge is 2.15. The second kappa shape index (κ2) is 12.3.